The molecular formula is C59H65F3N12O11S. The molecule has 0 unspecified atom stereocenters. The van der Waals surface area contributed by atoms with Crippen molar-refractivity contribution in [2.45, 2.75) is 106 Å². The number of benzene rings is 4. The van der Waals surface area contributed by atoms with Gasteiger partial charge in [0.25, 0.3) is 0 Å². The molecule has 4 aromatic carbocycles. The number of fused-ring (bicyclic) bond motifs is 3. The van der Waals surface area contributed by atoms with Gasteiger partial charge in [0, 0.05) is 89.8 Å². The topological polar surface area (TPSA) is 375 Å². The van der Waals surface area contributed by atoms with E-state index in [1.807, 2.05) is 79.1 Å². The van der Waals surface area contributed by atoms with E-state index in [2.05, 4.69) is 52.2 Å². The molecule has 1 aliphatic rings. The van der Waals surface area contributed by atoms with Crippen molar-refractivity contribution in [3.8, 4) is 0 Å². The zero-order valence-corrected chi connectivity index (χ0v) is 47.2. The minimum atomic E-state index is -5.08. The number of aromatic nitrogens is 3. The second-order valence-electron chi connectivity index (χ2n) is 20.4. The van der Waals surface area contributed by atoms with Crippen molar-refractivity contribution in [1.29, 1.82) is 0 Å². The summed E-state index contributed by atoms with van der Waals surface area (Å²) in [6, 6.07) is 22.2. The summed E-state index contributed by atoms with van der Waals surface area (Å²) in [5, 5.41) is 28.8. The normalized spacial score (nSPS) is 15.1. The number of halogens is 3. The van der Waals surface area contributed by atoms with E-state index in [4.69, 9.17) is 21.4 Å². The Balaban J connectivity index is 0.00000142. The number of nitrogens with two attached hydrogens (primary N) is 2. The van der Waals surface area contributed by atoms with Crippen molar-refractivity contribution in [2.75, 3.05) is 12.0 Å². The number of hydrogen-bond donors (Lipinski definition) is 13. The number of carboxylic acids is 1. The molecule has 0 bridgehead atoms. The van der Waals surface area contributed by atoms with Gasteiger partial charge in [0.15, 0.2) is 0 Å². The summed E-state index contributed by atoms with van der Waals surface area (Å²) in [6.45, 7) is 0. The first kappa shape index (κ1) is 63.9. The maximum absolute atomic E-state index is 15.1. The lowest BCUT2D eigenvalue weighted by Crippen LogP contribution is -2.61. The molecule has 4 heterocycles. The molecule has 23 nitrogen and oxygen atoms in total. The van der Waals surface area contributed by atoms with Gasteiger partial charge in [-0.05, 0) is 71.7 Å². The minimum absolute atomic E-state index is 0.0240. The minimum Gasteiger partial charge on any atom is -0.475 e. The summed E-state index contributed by atoms with van der Waals surface area (Å²) in [4.78, 5) is 142. The largest absolute Gasteiger partial charge is 0.490 e. The fraction of sp³-hybridized carbons (Fsp3) is 0.322. The van der Waals surface area contributed by atoms with Crippen molar-refractivity contribution < 1.29 is 66.2 Å². The molecule has 0 radical (unpaired) electrons. The first-order valence-electron chi connectivity index (χ1n) is 27.3. The second-order valence-corrected chi connectivity index (χ2v) is 21.4. The van der Waals surface area contributed by atoms with Gasteiger partial charge in [-0.1, -0.05) is 84.9 Å². The smallest absolute Gasteiger partial charge is 0.475 e. The van der Waals surface area contributed by atoms with Crippen LogP contribution in [0.3, 0.4) is 0 Å². The number of H-pyrrole nitrogens is 3. The SMILES string of the molecule is CSCC[C@H](NC(=O)[C@@H](Cc1c[nH]c2ccccc12)NC(=O)[C@@H](Cc1c[nH]c2ccccc12)NC(=O)[C@H](Cc1ccccc1)NC(=O)[C@@H](Cc1c[nH]c2ccccc12)NC(=O)[C@H](CCC(N)=O)NC(=O)[C@@H]1CCC(=O)N1)C(N)=O.O=C(O)C(F)(F)F. The van der Waals surface area contributed by atoms with Crippen LogP contribution in [0, 0.1) is 0 Å². The van der Waals surface area contributed by atoms with E-state index < -0.39 is 102 Å². The Morgan fingerprint density at radius 1 is 0.558 bits per heavy atom. The lowest BCUT2D eigenvalue weighted by Gasteiger charge is -2.28. The quantitative estimate of drug-likeness (QED) is 0.0354. The number of alkyl halides is 3. The van der Waals surface area contributed by atoms with E-state index in [0.29, 0.717) is 28.0 Å². The van der Waals surface area contributed by atoms with Crippen LogP contribution >= 0.6 is 11.8 Å². The van der Waals surface area contributed by atoms with Crippen LogP contribution in [0.15, 0.2) is 122 Å². The summed E-state index contributed by atoms with van der Waals surface area (Å²) >= 11 is 1.47. The predicted octanol–water partition coefficient (Wildman–Crippen LogP) is 2.73. The third-order valence-corrected chi connectivity index (χ3v) is 14.9. The lowest BCUT2D eigenvalue weighted by molar-refractivity contribution is -0.192. The second kappa shape index (κ2) is 29.7. The number of hydrogen-bond acceptors (Lipinski definition) is 11. The van der Waals surface area contributed by atoms with Crippen molar-refractivity contribution in [3.63, 3.8) is 0 Å². The van der Waals surface area contributed by atoms with E-state index in [1.54, 1.807) is 48.9 Å². The Labute approximate surface area is 493 Å². The Morgan fingerprint density at radius 2 is 0.942 bits per heavy atom. The number of carbonyl (C=O) groups excluding carboxylic acids is 9. The van der Waals surface area contributed by atoms with Crippen LogP contribution in [0.1, 0.15) is 54.4 Å². The highest BCUT2D eigenvalue weighted by Crippen LogP contribution is 2.23. The lowest BCUT2D eigenvalue weighted by atomic mass is 9.99. The standard InChI is InChI=1S/C57H64N12O9S.C2HF3O2/c1-79-24-23-42(51(59)72)64-55(76)46(26-33-29-60-39-16-8-5-13-36(33)39)69-57(78)48(28-35-31-62-41-18-10-7-15-38(35)41)68-54(75)45(25-32-11-3-2-4-12-32)66-56(77)47(27-34-30-61-40-17-9-6-14-37(34)40)67-53(74)44(19-21-49(58)70)65-52(73)43-20-22-50(71)63-43;3-2(4,5)1(6)7/h2-18,29-31,42-48,60-62H,19-28H2,1H3,(H2,58,70)(H2,59,72)(H,63,71)(H,64,76)(H,65,73)(H,66,77)(H,67,74)(H,68,75)(H,69,78);(H,6,7)/t42-,43-,44-,45-,46+,47+,48+;/m0./s1. The monoisotopic (exact) mass is 1210 g/mol. The van der Waals surface area contributed by atoms with E-state index in [1.165, 1.54) is 11.8 Å². The van der Waals surface area contributed by atoms with Gasteiger partial charge >= 0.3 is 12.1 Å². The van der Waals surface area contributed by atoms with Gasteiger partial charge in [-0.3, -0.25) is 43.2 Å². The summed E-state index contributed by atoms with van der Waals surface area (Å²) < 4.78 is 31.7. The molecule has 9 amide bonds. The number of amides is 9. The van der Waals surface area contributed by atoms with Crippen LogP contribution in [-0.2, 0) is 73.6 Å². The molecule has 8 rings (SSSR count). The average molecular weight is 1210 g/mol. The number of aromatic amines is 3. The third kappa shape index (κ3) is 17.7. The molecule has 15 N–H and O–H groups in total. The van der Waals surface area contributed by atoms with Crippen molar-refractivity contribution in [3.05, 3.63) is 144 Å². The van der Waals surface area contributed by atoms with Gasteiger partial charge in [0.1, 0.15) is 42.3 Å². The number of thioether (sulfide) groups is 1. The zero-order chi connectivity index (χ0) is 62.1. The Kier molecular flexibility index (Phi) is 22.1. The molecule has 1 fully saturated rings. The summed E-state index contributed by atoms with van der Waals surface area (Å²) in [5.41, 5.74) is 16.1. The maximum atomic E-state index is 15.1. The molecule has 86 heavy (non-hydrogen) atoms. The molecular weight excluding hydrogens is 1140 g/mol. The number of para-hydroxylation sites is 3. The van der Waals surface area contributed by atoms with E-state index in [0.717, 1.165) is 32.7 Å². The zero-order valence-electron chi connectivity index (χ0n) is 46.4. The predicted molar refractivity (Wildman–Crippen MR) is 313 cm³/mol. The number of carboxylic acid groups (broad SMARTS) is 1. The van der Waals surface area contributed by atoms with Crippen molar-refractivity contribution >= 4 is 104 Å². The average Bonchev–Trinajstić information content (AvgIpc) is 3.84. The van der Waals surface area contributed by atoms with Gasteiger partial charge in [0.2, 0.25) is 53.2 Å². The summed E-state index contributed by atoms with van der Waals surface area (Å²) in [5.74, 6) is -8.60. The van der Waals surface area contributed by atoms with Crippen LogP contribution in [0.2, 0.25) is 0 Å². The van der Waals surface area contributed by atoms with Crippen molar-refractivity contribution in [1.82, 2.24) is 52.2 Å². The summed E-state index contributed by atoms with van der Waals surface area (Å²) in [6.07, 6.45) is 1.61. The van der Waals surface area contributed by atoms with Crippen molar-refractivity contribution in [2.24, 2.45) is 11.5 Å². The highest BCUT2D eigenvalue weighted by molar-refractivity contribution is 7.98. The molecule has 27 heteroatoms. The van der Waals surface area contributed by atoms with Crippen LogP contribution in [0.25, 0.3) is 32.7 Å². The van der Waals surface area contributed by atoms with Gasteiger partial charge in [-0.15, -0.1) is 0 Å². The molecule has 454 valence electrons. The molecule has 0 spiro atoms. The molecule has 3 aromatic heterocycles. The highest BCUT2D eigenvalue weighted by atomic mass is 32.2. The number of carbonyl (C=O) groups is 10. The Hall–Kier alpha value is -9.66. The summed E-state index contributed by atoms with van der Waals surface area (Å²) in [7, 11) is 0. The maximum Gasteiger partial charge on any atom is 0.490 e. The Bertz CT molecular complexity index is 3590. The molecule has 7 aromatic rings. The van der Waals surface area contributed by atoms with Crippen LogP contribution < -0.4 is 48.7 Å². The van der Waals surface area contributed by atoms with Gasteiger partial charge in [-0.25, -0.2) is 4.79 Å². The number of primary amides is 2. The van der Waals surface area contributed by atoms with Gasteiger partial charge in [-0.2, -0.15) is 24.9 Å². The van der Waals surface area contributed by atoms with E-state index in [9.17, 15) is 41.9 Å². The Morgan fingerprint density at radius 3 is 1.31 bits per heavy atom. The van der Waals surface area contributed by atoms with Crippen LogP contribution in [0.5, 0.6) is 0 Å². The first-order valence-corrected chi connectivity index (χ1v) is 28.6. The highest BCUT2D eigenvalue weighted by Gasteiger charge is 2.39. The fourth-order valence-electron chi connectivity index (χ4n) is 9.77. The van der Waals surface area contributed by atoms with Crippen LogP contribution in [0.4, 0.5) is 13.2 Å². The number of aliphatic carboxylic acids is 1. The van der Waals surface area contributed by atoms with E-state index in [-0.39, 0.29) is 63.7 Å². The molecule has 1 aliphatic heterocycles. The first-order chi connectivity index (χ1) is 41.1. The van der Waals surface area contributed by atoms with Crippen LogP contribution in [-0.4, -0.2) is 140 Å². The third-order valence-electron chi connectivity index (χ3n) is 14.2. The fourth-order valence-corrected chi connectivity index (χ4v) is 10.2. The molecule has 0 aliphatic carbocycles. The molecule has 7 atom stereocenters. The molecule has 0 saturated carbocycles. The van der Waals surface area contributed by atoms with Gasteiger partial charge in [0.05, 0.1) is 0 Å². The molecule has 1 saturated heterocycles. The number of nitrogens with one attached hydrogen (secondary N) is 10. The number of rotatable bonds is 27. The van der Waals surface area contributed by atoms with Gasteiger partial charge < -0.3 is 68.7 Å². The van der Waals surface area contributed by atoms with E-state index >= 15 is 14.4 Å².